The maximum Gasteiger partial charge on any atom is 0.250 e. The second kappa shape index (κ2) is 8.62. The molecule has 3 aromatic carbocycles. The Morgan fingerprint density at radius 3 is 2.55 bits per heavy atom. The lowest BCUT2D eigenvalue weighted by Gasteiger charge is -2.29. The first-order valence-electron chi connectivity index (χ1n) is 13.3. The molecule has 0 radical (unpaired) electrons. The van der Waals surface area contributed by atoms with E-state index in [9.17, 15) is 19.2 Å². The van der Waals surface area contributed by atoms with Crippen molar-refractivity contribution in [3.8, 4) is 0 Å². The average molecular weight is 534 g/mol. The highest BCUT2D eigenvalue weighted by Gasteiger charge is 2.70. The number of H-pyrrole nitrogens is 1. The van der Waals surface area contributed by atoms with E-state index in [1.54, 1.807) is 24.3 Å². The van der Waals surface area contributed by atoms with Gasteiger partial charge in [0.1, 0.15) is 5.54 Å². The molecule has 1 aromatic heterocycles. The van der Waals surface area contributed by atoms with Gasteiger partial charge in [-0.15, -0.1) is 0 Å². The first kappa shape index (κ1) is 24.3. The van der Waals surface area contributed by atoms with Crippen LogP contribution in [0.25, 0.3) is 10.9 Å². The molecular formula is C31H27N5O4. The molecule has 40 heavy (non-hydrogen) atoms. The number of carbonyl (C=O) groups is 4. The summed E-state index contributed by atoms with van der Waals surface area (Å²) in [5.74, 6) is -2.98. The zero-order valence-electron chi connectivity index (χ0n) is 21.9. The van der Waals surface area contributed by atoms with Gasteiger partial charge in [0.05, 0.1) is 17.5 Å². The molecule has 9 nitrogen and oxygen atoms in total. The fourth-order valence-electron chi connectivity index (χ4n) is 6.78. The maximum atomic E-state index is 14.2. The number of anilines is 3. The Labute approximate surface area is 229 Å². The Kier molecular flexibility index (Phi) is 5.24. The topological polar surface area (TPSA) is 123 Å². The number of fused-ring (bicyclic) bond motifs is 5. The van der Waals surface area contributed by atoms with Crippen LogP contribution >= 0.6 is 0 Å². The molecule has 2 fully saturated rings. The van der Waals surface area contributed by atoms with Crippen LogP contribution in [-0.2, 0) is 31.1 Å². The molecule has 4 amide bonds. The Morgan fingerprint density at radius 1 is 1.00 bits per heavy atom. The third-order valence-electron chi connectivity index (χ3n) is 8.43. The minimum absolute atomic E-state index is 0.218. The van der Waals surface area contributed by atoms with E-state index >= 15 is 0 Å². The number of amides is 4. The van der Waals surface area contributed by atoms with Gasteiger partial charge < -0.3 is 15.6 Å². The van der Waals surface area contributed by atoms with Crippen molar-refractivity contribution in [2.24, 2.45) is 11.8 Å². The minimum Gasteiger partial charge on any atom is -0.361 e. The largest absolute Gasteiger partial charge is 0.361 e. The molecule has 0 unspecified atom stereocenters. The number of rotatable bonds is 4. The Hall–Kier alpha value is -4.76. The number of benzene rings is 3. The van der Waals surface area contributed by atoms with Crippen LogP contribution in [0.1, 0.15) is 23.6 Å². The summed E-state index contributed by atoms with van der Waals surface area (Å²) >= 11 is 0. The molecule has 0 aliphatic carbocycles. The molecule has 4 heterocycles. The quantitative estimate of drug-likeness (QED) is 0.299. The summed E-state index contributed by atoms with van der Waals surface area (Å²) in [6.45, 7) is 3.35. The lowest BCUT2D eigenvalue weighted by atomic mass is 9.76. The third kappa shape index (κ3) is 3.37. The van der Waals surface area contributed by atoms with Crippen LogP contribution in [0.15, 0.2) is 72.9 Å². The van der Waals surface area contributed by atoms with Crippen LogP contribution in [0.3, 0.4) is 0 Å². The molecule has 4 N–H and O–H groups in total. The summed E-state index contributed by atoms with van der Waals surface area (Å²) in [4.78, 5) is 58.1. The number of imide groups is 1. The predicted octanol–water partition coefficient (Wildman–Crippen LogP) is 3.60. The highest BCUT2D eigenvalue weighted by atomic mass is 16.2. The van der Waals surface area contributed by atoms with Gasteiger partial charge in [-0.1, -0.05) is 35.9 Å². The smallest absolute Gasteiger partial charge is 0.250 e. The lowest BCUT2D eigenvalue weighted by Crippen LogP contribution is -2.53. The van der Waals surface area contributed by atoms with E-state index in [1.165, 1.54) is 11.8 Å². The number of carbonyl (C=O) groups excluding carboxylic acids is 4. The van der Waals surface area contributed by atoms with E-state index in [2.05, 4.69) is 20.9 Å². The van der Waals surface area contributed by atoms with Crippen LogP contribution in [0.5, 0.6) is 0 Å². The molecule has 7 rings (SSSR count). The zero-order chi connectivity index (χ0) is 27.8. The monoisotopic (exact) mass is 533 g/mol. The second-order valence-electron chi connectivity index (χ2n) is 10.9. The number of aromatic nitrogens is 1. The Balaban J connectivity index is 1.34. The Morgan fingerprint density at radius 2 is 1.77 bits per heavy atom. The Bertz CT molecular complexity index is 1740. The van der Waals surface area contributed by atoms with Gasteiger partial charge in [0.15, 0.2) is 0 Å². The van der Waals surface area contributed by atoms with Gasteiger partial charge >= 0.3 is 0 Å². The summed E-state index contributed by atoms with van der Waals surface area (Å²) in [6.07, 6.45) is 2.38. The first-order chi connectivity index (χ1) is 19.3. The average Bonchev–Trinajstić information content (AvgIpc) is 3.64. The van der Waals surface area contributed by atoms with Gasteiger partial charge in [0.25, 0.3) is 0 Å². The van der Waals surface area contributed by atoms with Crippen LogP contribution in [0.4, 0.5) is 17.1 Å². The normalized spacial score (nSPS) is 25.0. The van der Waals surface area contributed by atoms with Crippen molar-refractivity contribution in [2.75, 3.05) is 15.5 Å². The molecular weight excluding hydrogens is 506 g/mol. The summed E-state index contributed by atoms with van der Waals surface area (Å²) in [7, 11) is 0. The van der Waals surface area contributed by atoms with E-state index in [0.29, 0.717) is 29.0 Å². The van der Waals surface area contributed by atoms with Crippen LogP contribution in [-0.4, -0.2) is 34.7 Å². The molecule has 0 bridgehead atoms. The van der Waals surface area contributed by atoms with E-state index in [1.807, 2.05) is 55.6 Å². The number of aromatic amines is 1. The van der Waals surface area contributed by atoms with Gasteiger partial charge in [0, 0.05) is 47.0 Å². The minimum atomic E-state index is -1.37. The van der Waals surface area contributed by atoms with E-state index < -0.39 is 29.3 Å². The van der Waals surface area contributed by atoms with Crippen molar-refractivity contribution in [3.63, 3.8) is 0 Å². The van der Waals surface area contributed by atoms with Gasteiger partial charge in [-0.05, 0) is 55.3 Å². The van der Waals surface area contributed by atoms with Crippen LogP contribution in [0.2, 0.25) is 0 Å². The van der Waals surface area contributed by atoms with Crippen LogP contribution in [0, 0.1) is 18.8 Å². The summed E-state index contributed by atoms with van der Waals surface area (Å²) < 4.78 is 0. The number of nitrogens with one attached hydrogen (secondary N) is 4. The van der Waals surface area contributed by atoms with Crippen molar-refractivity contribution in [3.05, 3.63) is 89.6 Å². The van der Waals surface area contributed by atoms with Crippen molar-refractivity contribution >= 4 is 51.6 Å². The van der Waals surface area contributed by atoms with Gasteiger partial charge in [-0.25, -0.2) is 4.90 Å². The zero-order valence-corrected chi connectivity index (χ0v) is 21.9. The number of hydrogen-bond acceptors (Lipinski definition) is 5. The van der Waals surface area contributed by atoms with Gasteiger partial charge in [-0.2, -0.15) is 0 Å². The second-order valence-corrected chi connectivity index (χ2v) is 10.9. The first-order valence-corrected chi connectivity index (χ1v) is 13.3. The van der Waals surface area contributed by atoms with E-state index in [4.69, 9.17) is 0 Å². The molecule has 200 valence electrons. The molecule has 4 aromatic rings. The fraction of sp³-hybridized carbons (Fsp3) is 0.226. The summed E-state index contributed by atoms with van der Waals surface area (Å²) in [5.41, 5.74) is 3.87. The molecule has 0 saturated carbocycles. The molecule has 4 atom stereocenters. The van der Waals surface area contributed by atoms with Crippen molar-refractivity contribution in [2.45, 2.75) is 31.8 Å². The highest BCUT2D eigenvalue weighted by Crippen LogP contribution is 2.54. The molecule has 3 aliphatic heterocycles. The molecule has 2 saturated heterocycles. The standard InChI is InChI=1S/C31H27N5O4/c1-16-7-12-24-22(13-16)31(30(40)34-24)27-26(25(35-31)14-18-15-32-23-6-4-3-5-21(18)23)28(38)36(29(27)39)20-10-8-19(9-11-20)33-17(2)37/h3-13,15,25-27,32,35H,14H2,1-2H3,(H,33,37)(H,34,40)/t25-,26+,27-,31+/m0/s1. The number of para-hydroxylation sites is 1. The van der Waals surface area contributed by atoms with E-state index in [-0.39, 0.29) is 17.7 Å². The molecule has 9 heteroatoms. The fourth-order valence-corrected chi connectivity index (χ4v) is 6.78. The van der Waals surface area contributed by atoms with Crippen LogP contribution < -0.4 is 20.9 Å². The highest BCUT2D eigenvalue weighted by molar-refractivity contribution is 6.26. The summed E-state index contributed by atoms with van der Waals surface area (Å²) in [5, 5.41) is 10.2. The van der Waals surface area contributed by atoms with Crippen molar-refractivity contribution in [1.82, 2.24) is 10.3 Å². The third-order valence-corrected chi connectivity index (χ3v) is 8.43. The number of aryl methyl sites for hydroxylation is 1. The molecule has 3 aliphatic rings. The van der Waals surface area contributed by atoms with Crippen molar-refractivity contribution < 1.29 is 19.2 Å². The maximum absolute atomic E-state index is 14.2. The van der Waals surface area contributed by atoms with Crippen molar-refractivity contribution in [1.29, 1.82) is 0 Å². The number of hydrogen-bond donors (Lipinski definition) is 4. The SMILES string of the molecule is CC(=O)Nc1ccc(N2C(=O)[C@@H]3[C@H](Cc4c[nH]c5ccccc45)N[C@@]4(C(=O)Nc5ccc(C)cc54)[C@@H]3C2=O)cc1. The predicted molar refractivity (Wildman–Crippen MR) is 151 cm³/mol. The lowest BCUT2D eigenvalue weighted by molar-refractivity contribution is -0.130. The van der Waals surface area contributed by atoms with E-state index in [0.717, 1.165) is 22.0 Å². The molecule has 1 spiro atoms. The van der Waals surface area contributed by atoms with Gasteiger partial charge in [-0.3, -0.25) is 24.5 Å². The summed E-state index contributed by atoms with van der Waals surface area (Å²) in [6, 6.07) is 19.7. The van der Waals surface area contributed by atoms with Gasteiger partial charge in [0.2, 0.25) is 23.6 Å². The number of nitrogens with zero attached hydrogens (tertiary/aromatic N) is 1.